The molecular weight excluding hydrogens is 256 g/mol. The molecule has 1 heteroatoms. The first kappa shape index (κ1) is 14.5. The van der Waals surface area contributed by atoms with Gasteiger partial charge in [0.05, 0.1) is 0 Å². The van der Waals surface area contributed by atoms with Crippen molar-refractivity contribution in [3.63, 3.8) is 0 Å². The molecule has 0 radical (unpaired) electrons. The molecule has 4 aliphatic carbocycles. The number of fused-ring (bicyclic) bond motifs is 5. The van der Waals surface area contributed by atoms with Crippen molar-refractivity contribution in [3.8, 4) is 0 Å². The van der Waals surface area contributed by atoms with Crippen LogP contribution >= 0.6 is 0 Å². The lowest BCUT2D eigenvalue weighted by Gasteiger charge is -2.60. The zero-order valence-corrected chi connectivity index (χ0v) is 14.1. The summed E-state index contributed by atoms with van der Waals surface area (Å²) in [4.78, 5) is 0. The molecule has 4 aliphatic rings. The molecule has 0 amide bonds. The van der Waals surface area contributed by atoms with Gasteiger partial charge in [-0.15, -0.1) is 0 Å². The molecule has 120 valence electrons. The van der Waals surface area contributed by atoms with E-state index < -0.39 is 0 Å². The summed E-state index contributed by atoms with van der Waals surface area (Å²) in [6.07, 6.45) is 14.6. The van der Waals surface area contributed by atoms with Gasteiger partial charge in [-0.05, 0) is 91.8 Å². The van der Waals surface area contributed by atoms with Gasteiger partial charge in [-0.25, -0.2) is 0 Å². The Morgan fingerprint density at radius 2 is 1.62 bits per heavy atom. The third-order valence-electron chi connectivity index (χ3n) is 9.00. The fourth-order valence-electron chi connectivity index (χ4n) is 7.70. The summed E-state index contributed by atoms with van der Waals surface area (Å²) < 4.78 is 0. The normalized spacial score (nSPS) is 56.4. The Bertz CT molecular complexity index is 405. The maximum Gasteiger partial charge on any atom is 0.0464 e. The number of rotatable bonds is 1. The van der Waals surface area contributed by atoms with Crippen molar-refractivity contribution in [2.75, 3.05) is 6.61 Å². The minimum Gasteiger partial charge on any atom is -0.396 e. The molecule has 1 nitrogen and oxygen atoms in total. The van der Waals surface area contributed by atoms with Crippen LogP contribution in [0.1, 0.15) is 78.1 Å². The lowest BCUT2D eigenvalue weighted by Crippen LogP contribution is -2.52. The van der Waals surface area contributed by atoms with E-state index in [1.54, 1.807) is 0 Å². The summed E-state index contributed by atoms with van der Waals surface area (Å²) in [5.74, 6) is 4.55. The number of hydrogen-bond acceptors (Lipinski definition) is 1. The fraction of sp³-hybridized carbons (Fsp3) is 1.00. The van der Waals surface area contributed by atoms with Crippen molar-refractivity contribution >= 4 is 0 Å². The third-order valence-corrected chi connectivity index (χ3v) is 9.00. The van der Waals surface area contributed by atoms with E-state index >= 15 is 0 Å². The summed E-state index contributed by atoms with van der Waals surface area (Å²) in [6, 6.07) is 0. The lowest BCUT2D eigenvalue weighted by molar-refractivity contribution is -0.113. The highest BCUT2D eigenvalue weighted by molar-refractivity contribution is 5.08. The summed E-state index contributed by atoms with van der Waals surface area (Å²) in [7, 11) is 0. The molecule has 0 spiro atoms. The number of aliphatic hydroxyl groups is 1. The first-order valence-corrected chi connectivity index (χ1v) is 9.70. The second-order valence-electron chi connectivity index (χ2n) is 9.40. The van der Waals surface area contributed by atoms with Crippen LogP contribution < -0.4 is 0 Å². The number of aliphatic hydroxyl groups excluding tert-OH is 1. The Hall–Kier alpha value is -0.0400. The second-order valence-corrected chi connectivity index (χ2v) is 9.40. The van der Waals surface area contributed by atoms with Crippen molar-refractivity contribution in [1.82, 2.24) is 0 Å². The lowest BCUT2D eigenvalue weighted by atomic mass is 9.45. The van der Waals surface area contributed by atoms with Crippen LogP contribution in [0.15, 0.2) is 0 Å². The standard InChI is InChI=1S/C20H34O/c1-19-11-4-3-5-14(19)6-8-16-17-9-7-15(13-21)20(17,2)12-10-18(16)19/h14-18,21H,3-13H2,1-2H3/t14-,15-,16+,17+,18+,19+,20-/m1/s1. The highest BCUT2D eigenvalue weighted by Gasteiger charge is 2.59. The van der Waals surface area contributed by atoms with Crippen molar-refractivity contribution in [3.05, 3.63) is 0 Å². The van der Waals surface area contributed by atoms with E-state index in [0.717, 1.165) is 23.7 Å². The largest absolute Gasteiger partial charge is 0.396 e. The zero-order valence-electron chi connectivity index (χ0n) is 14.1. The predicted octanol–water partition coefficient (Wildman–Crippen LogP) is 5.03. The highest BCUT2D eigenvalue weighted by atomic mass is 16.3. The predicted molar refractivity (Wildman–Crippen MR) is 86.9 cm³/mol. The van der Waals surface area contributed by atoms with Gasteiger partial charge in [0.2, 0.25) is 0 Å². The summed E-state index contributed by atoms with van der Waals surface area (Å²) >= 11 is 0. The molecule has 7 atom stereocenters. The van der Waals surface area contributed by atoms with Gasteiger partial charge in [0, 0.05) is 6.61 Å². The smallest absolute Gasteiger partial charge is 0.0464 e. The zero-order chi connectivity index (χ0) is 14.7. The first-order valence-electron chi connectivity index (χ1n) is 9.70. The quantitative estimate of drug-likeness (QED) is 0.718. The third kappa shape index (κ3) is 1.92. The van der Waals surface area contributed by atoms with Gasteiger partial charge >= 0.3 is 0 Å². The minimum atomic E-state index is 0.435. The van der Waals surface area contributed by atoms with E-state index in [-0.39, 0.29) is 0 Å². The van der Waals surface area contributed by atoms with Crippen molar-refractivity contribution in [2.45, 2.75) is 78.1 Å². The van der Waals surface area contributed by atoms with Gasteiger partial charge < -0.3 is 5.11 Å². The molecule has 4 fully saturated rings. The van der Waals surface area contributed by atoms with E-state index in [2.05, 4.69) is 13.8 Å². The van der Waals surface area contributed by atoms with Crippen LogP contribution in [-0.4, -0.2) is 11.7 Å². The summed E-state index contributed by atoms with van der Waals surface area (Å²) in [6.45, 7) is 5.62. The van der Waals surface area contributed by atoms with E-state index in [0.29, 0.717) is 23.4 Å². The van der Waals surface area contributed by atoms with E-state index in [1.807, 2.05) is 0 Å². The average molecular weight is 290 g/mol. The van der Waals surface area contributed by atoms with Crippen molar-refractivity contribution in [2.24, 2.45) is 40.4 Å². The molecule has 0 aliphatic heterocycles. The van der Waals surface area contributed by atoms with E-state index in [9.17, 15) is 5.11 Å². The Labute approximate surface area is 130 Å². The monoisotopic (exact) mass is 290 g/mol. The van der Waals surface area contributed by atoms with Crippen LogP contribution in [0, 0.1) is 40.4 Å². The van der Waals surface area contributed by atoms with Gasteiger partial charge in [0.15, 0.2) is 0 Å². The summed E-state index contributed by atoms with van der Waals surface area (Å²) in [5, 5.41) is 9.80. The van der Waals surface area contributed by atoms with Crippen molar-refractivity contribution < 1.29 is 5.11 Å². The molecule has 0 aromatic carbocycles. The average Bonchev–Trinajstić information content (AvgIpc) is 2.83. The molecule has 0 saturated heterocycles. The minimum absolute atomic E-state index is 0.435. The number of hydrogen-bond donors (Lipinski definition) is 1. The van der Waals surface area contributed by atoms with Gasteiger partial charge in [0.25, 0.3) is 0 Å². The van der Waals surface area contributed by atoms with Crippen molar-refractivity contribution in [1.29, 1.82) is 0 Å². The Kier molecular flexibility index (Phi) is 3.45. The highest BCUT2D eigenvalue weighted by Crippen LogP contribution is 2.67. The molecule has 0 unspecified atom stereocenters. The first-order chi connectivity index (χ1) is 10.1. The van der Waals surface area contributed by atoms with Gasteiger partial charge in [-0.3, -0.25) is 0 Å². The van der Waals surface area contributed by atoms with Crippen LogP contribution in [0.5, 0.6) is 0 Å². The van der Waals surface area contributed by atoms with Gasteiger partial charge in [-0.1, -0.05) is 26.7 Å². The van der Waals surface area contributed by atoms with Crippen LogP contribution in [0.2, 0.25) is 0 Å². The molecule has 21 heavy (non-hydrogen) atoms. The molecule has 0 heterocycles. The molecule has 0 aromatic heterocycles. The maximum absolute atomic E-state index is 9.80. The van der Waals surface area contributed by atoms with Gasteiger partial charge in [0.1, 0.15) is 0 Å². The Morgan fingerprint density at radius 1 is 0.810 bits per heavy atom. The molecular formula is C20H34O. The summed E-state index contributed by atoms with van der Waals surface area (Å²) in [5.41, 5.74) is 1.13. The topological polar surface area (TPSA) is 20.2 Å². The molecule has 0 bridgehead atoms. The fourth-order valence-corrected chi connectivity index (χ4v) is 7.70. The van der Waals surface area contributed by atoms with Gasteiger partial charge in [-0.2, -0.15) is 0 Å². The van der Waals surface area contributed by atoms with E-state index in [4.69, 9.17) is 0 Å². The van der Waals surface area contributed by atoms with Crippen LogP contribution in [0.3, 0.4) is 0 Å². The van der Waals surface area contributed by atoms with Crippen LogP contribution in [0.25, 0.3) is 0 Å². The second kappa shape index (κ2) is 4.98. The molecule has 0 aromatic rings. The maximum atomic E-state index is 9.80. The van der Waals surface area contributed by atoms with E-state index in [1.165, 1.54) is 64.2 Å². The molecule has 1 N–H and O–H groups in total. The Balaban J connectivity index is 1.62. The molecule has 4 rings (SSSR count). The molecule has 4 saturated carbocycles. The Morgan fingerprint density at radius 3 is 2.43 bits per heavy atom. The van der Waals surface area contributed by atoms with Crippen LogP contribution in [0.4, 0.5) is 0 Å². The van der Waals surface area contributed by atoms with Crippen LogP contribution in [-0.2, 0) is 0 Å². The SMILES string of the molecule is C[C@]12CCCC[C@@H]1CC[C@@H]1[C@@H]2CC[C@]2(C)[C@@H](CO)CC[C@@H]12.